The Hall–Kier alpha value is -1.36. The average Bonchev–Trinajstić information content (AvgIpc) is 3.35. The van der Waals surface area contributed by atoms with E-state index in [2.05, 4.69) is 70.3 Å². The molecule has 0 aliphatic carbocycles. The molecular weight excluding hydrogens is 527 g/mol. The van der Waals surface area contributed by atoms with Crippen molar-refractivity contribution < 1.29 is 22.5 Å². The summed E-state index contributed by atoms with van der Waals surface area (Å²) in [5, 5.41) is -0.361. The largest absolute Gasteiger partial charge is 0.414 e. The molecule has 2 aromatic rings. The maximum absolute atomic E-state index is 12.5. The number of fused-ring (bicyclic) bond motifs is 2. The van der Waals surface area contributed by atoms with E-state index >= 15 is 0 Å². The summed E-state index contributed by atoms with van der Waals surface area (Å²) in [7, 11) is -5.58. The summed E-state index contributed by atoms with van der Waals surface area (Å²) in [6.07, 6.45) is 1.73. The number of hydrogen-bond acceptors (Lipinski definition) is 10. The number of imidazole rings is 1. The fourth-order valence-electron chi connectivity index (χ4n) is 5.72. The summed E-state index contributed by atoms with van der Waals surface area (Å²) in [6.45, 7) is 19.4. The molecule has 0 bridgehead atoms. The van der Waals surface area contributed by atoms with Crippen molar-refractivity contribution in [3.05, 3.63) is 12.7 Å². The summed E-state index contributed by atoms with van der Waals surface area (Å²) in [5.74, 6) is 0.298. The second-order valence-electron chi connectivity index (χ2n) is 11.3. The second kappa shape index (κ2) is 10.7. The van der Waals surface area contributed by atoms with E-state index in [-0.39, 0.29) is 38.6 Å². The third-order valence-electron chi connectivity index (χ3n) is 7.58. The van der Waals surface area contributed by atoms with E-state index in [0.717, 1.165) is 0 Å². The van der Waals surface area contributed by atoms with E-state index in [0.29, 0.717) is 23.6 Å². The maximum Gasteiger partial charge on any atom is 0.335 e. The lowest BCUT2D eigenvalue weighted by atomic mass is 10.2. The van der Waals surface area contributed by atoms with Crippen molar-refractivity contribution in [1.82, 2.24) is 19.5 Å². The Morgan fingerprint density at radius 3 is 2.22 bits per heavy atom. The lowest BCUT2D eigenvalue weighted by molar-refractivity contribution is -0.109. The summed E-state index contributed by atoms with van der Waals surface area (Å²) < 4.78 is 30.0. The van der Waals surface area contributed by atoms with Crippen molar-refractivity contribution in [1.29, 1.82) is 0 Å². The number of carbonyl (C=O) groups is 1. The molecule has 206 valence electrons. The molecule has 0 saturated carbocycles. The zero-order valence-electron chi connectivity index (χ0n) is 23.3. The van der Waals surface area contributed by atoms with Crippen molar-refractivity contribution in [2.24, 2.45) is 0 Å². The van der Waals surface area contributed by atoms with E-state index in [4.69, 9.17) is 23.4 Å². The molecule has 1 unspecified atom stereocenters. The van der Waals surface area contributed by atoms with Crippen molar-refractivity contribution in [3.8, 4) is 0 Å². The van der Waals surface area contributed by atoms with Crippen molar-refractivity contribution in [3.63, 3.8) is 0 Å². The van der Waals surface area contributed by atoms with Crippen LogP contribution in [0.1, 0.15) is 68.5 Å². The zero-order chi connectivity index (χ0) is 27.3. The monoisotopic (exact) mass is 567 g/mol. The molecule has 0 spiro atoms. The minimum Gasteiger partial charge on any atom is -0.414 e. The van der Waals surface area contributed by atoms with Gasteiger partial charge in [-0.15, -0.1) is 0 Å². The van der Waals surface area contributed by atoms with Gasteiger partial charge in [-0.1, -0.05) is 67.2 Å². The first kappa shape index (κ1) is 28.6. The highest BCUT2D eigenvalue weighted by molar-refractivity contribution is 8.14. The number of hydrogen-bond donors (Lipinski definition) is 1. The van der Waals surface area contributed by atoms with Crippen LogP contribution in [0.5, 0.6) is 0 Å². The molecule has 13 heteroatoms. The Labute approximate surface area is 225 Å². The van der Waals surface area contributed by atoms with Crippen molar-refractivity contribution in [2.75, 3.05) is 12.3 Å². The molecule has 4 atom stereocenters. The maximum atomic E-state index is 12.5. The molecule has 2 aromatic heterocycles. The van der Waals surface area contributed by atoms with Gasteiger partial charge in [0, 0.05) is 6.92 Å². The lowest BCUT2D eigenvalue weighted by Gasteiger charge is -2.51. The van der Waals surface area contributed by atoms with Gasteiger partial charge in [0.25, 0.3) is 0 Å². The number of nitrogen functional groups attached to an aromatic ring is 1. The van der Waals surface area contributed by atoms with Gasteiger partial charge in [0.2, 0.25) is 0 Å². The fraction of sp³-hybridized carbons (Fsp3) is 0.750. The van der Waals surface area contributed by atoms with E-state index in [9.17, 15) is 4.79 Å². The lowest BCUT2D eigenvalue weighted by Crippen LogP contribution is -2.65. The number of aromatic nitrogens is 4. The Morgan fingerprint density at radius 1 is 1.03 bits per heavy atom. The van der Waals surface area contributed by atoms with Crippen LogP contribution in [-0.2, 0) is 22.5 Å². The molecular formula is C24H41N5O5SSi2. The minimum absolute atomic E-state index is 0.0141. The molecule has 2 fully saturated rings. The van der Waals surface area contributed by atoms with E-state index in [1.807, 2.05) is 4.57 Å². The van der Waals surface area contributed by atoms with Crippen LogP contribution in [0.3, 0.4) is 0 Å². The molecule has 0 amide bonds. The van der Waals surface area contributed by atoms with Crippen LogP contribution in [0.25, 0.3) is 11.2 Å². The first-order valence-electron chi connectivity index (χ1n) is 13.1. The van der Waals surface area contributed by atoms with E-state index in [1.54, 1.807) is 13.3 Å². The molecule has 2 aliphatic rings. The normalized spacial score (nSPS) is 27.7. The molecule has 2 N–H and O–H groups in total. The van der Waals surface area contributed by atoms with E-state index < -0.39 is 29.5 Å². The fourth-order valence-corrected chi connectivity index (χ4v) is 18.1. The Bertz CT molecular complexity index is 1110. The van der Waals surface area contributed by atoms with Crippen LogP contribution >= 0.6 is 11.8 Å². The van der Waals surface area contributed by atoms with Gasteiger partial charge >= 0.3 is 17.1 Å². The van der Waals surface area contributed by atoms with Gasteiger partial charge < -0.3 is 23.4 Å². The standard InChI is InChI=1S/C24H41N5O5SSi2/c1-13(2)36(14(3)4)31-10-18-20(33-37(34-36,15(5)6)16(7)8)21(35-17(9)30)24(32-18)29-12-28-19-22(25)26-11-27-23(19)29/h11-16,18,20-21,24H,10H2,1-9H3,(H2,25,26,27)/t18-,20+,21?,24-/m1/s1. The molecule has 37 heavy (non-hydrogen) atoms. The molecule has 0 radical (unpaired) electrons. The smallest absolute Gasteiger partial charge is 0.335 e. The summed E-state index contributed by atoms with van der Waals surface area (Å²) in [4.78, 5) is 25.4. The van der Waals surface area contributed by atoms with Gasteiger partial charge in [-0.3, -0.25) is 9.36 Å². The Morgan fingerprint density at radius 2 is 1.65 bits per heavy atom. The van der Waals surface area contributed by atoms with Gasteiger partial charge in [-0.05, 0) is 22.2 Å². The van der Waals surface area contributed by atoms with Crippen LogP contribution in [0, 0.1) is 0 Å². The molecule has 4 rings (SSSR count). The van der Waals surface area contributed by atoms with Gasteiger partial charge in [0.15, 0.2) is 22.8 Å². The van der Waals surface area contributed by atoms with Gasteiger partial charge in [-0.2, -0.15) is 0 Å². The number of rotatable bonds is 6. The third kappa shape index (κ3) is 4.92. The summed E-state index contributed by atoms with van der Waals surface area (Å²) in [5.41, 5.74) is 7.91. The molecule has 2 saturated heterocycles. The Kier molecular flexibility index (Phi) is 8.26. The number of ether oxygens (including phenoxy) is 1. The predicted octanol–water partition coefficient (Wildman–Crippen LogP) is 4.91. The number of nitrogens with zero attached hydrogens (tertiary/aromatic N) is 4. The predicted molar refractivity (Wildman–Crippen MR) is 150 cm³/mol. The van der Waals surface area contributed by atoms with Crippen LogP contribution in [0.15, 0.2) is 12.7 Å². The topological polar surface area (TPSA) is 124 Å². The van der Waals surface area contributed by atoms with Crippen LogP contribution in [0.4, 0.5) is 5.82 Å². The minimum atomic E-state index is -2.88. The quantitative estimate of drug-likeness (QED) is 0.481. The molecule has 0 aromatic carbocycles. The number of thioether (sulfide) groups is 1. The van der Waals surface area contributed by atoms with E-state index in [1.165, 1.54) is 18.1 Å². The van der Waals surface area contributed by atoms with Crippen LogP contribution < -0.4 is 5.73 Å². The summed E-state index contributed by atoms with van der Waals surface area (Å²) >= 11 is 1.23. The highest BCUT2D eigenvalue weighted by atomic mass is 32.2. The molecule has 2 aliphatic heterocycles. The number of anilines is 1. The third-order valence-corrected chi connectivity index (χ3v) is 18.9. The van der Waals surface area contributed by atoms with Gasteiger partial charge in [-0.25, -0.2) is 15.0 Å². The van der Waals surface area contributed by atoms with Crippen molar-refractivity contribution >= 4 is 51.0 Å². The second-order valence-corrected chi connectivity index (χ2v) is 21.5. The van der Waals surface area contributed by atoms with Gasteiger partial charge in [0.05, 0.1) is 24.3 Å². The van der Waals surface area contributed by atoms with Gasteiger partial charge in [0.1, 0.15) is 17.9 Å². The summed E-state index contributed by atoms with van der Waals surface area (Å²) in [6, 6.07) is 0. The first-order valence-corrected chi connectivity index (χ1v) is 17.9. The Balaban J connectivity index is 1.84. The molecule has 4 heterocycles. The first-order chi connectivity index (χ1) is 17.3. The van der Waals surface area contributed by atoms with Crippen LogP contribution in [-0.4, -0.2) is 65.8 Å². The SMILES string of the molecule is CC(=O)SC1[C@H]2O[Si](C(C)C)(C(C)C)O[Si](C(C)C)(C(C)C)OC[C@H]2O[C@H]1n1cnc2c(N)ncnc21. The molecule has 10 nitrogen and oxygen atoms in total. The average molecular weight is 568 g/mol. The highest BCUT2D eigenvalue weighted by Crippen LogP contribution is 2.50. The zero-order valence-corrected chi connectivity index (χ0v) is 26.1. The van der Waals surface area contributed by atoms with Crippen LogP contribution in [0.2, 0.25) is 22.2 Å². The number of carbonyl (C=O) groups excluding carboxylic acids is 1. The number of nitrogens with two attached hydrogens (primary N) is 1. The highest BCUT2D eigenvalue weighted by Gasteiger charge is 2.62. The van der Waals surface area contributed by atoms with Crippen molar-refractivity contribution in [2.45, 2.75) is 108 Å².